The lowest BCUT2D eigenvalue weighted by molar-refractivity contribution is -0.118. The molecule has 1 saturated carbocycles. The molecule has 0 spiro atoms. The van der Waals surface area contributed by atoms with Gasteiger partial charge in [-0.1, -0.05) is 73.5 Å². The molecule has 0 radical (unpaired) electrons. The van der Waals surface area contributed by atoms with Gasteiger partial charge in [-0.25, -0.2) is 0 Å². The van der Waals surface area contributed by atoms with Crippen molar-refractivity contribution in [2.45, 2.75) is 56.3 Å². The molecule has 1 aliphatic rings. The van der Waals surface area contributed by atoms with Crippen molar-refractivity contribution in [1.29, 1.82) is 0 Å². The van der Waals surface area contributed by atoms with Crippen molar-refractivity contribution in [1.82, 2.24) is 20.1 Å². The number of aromatic nitrogens is 3. The van der Waals surface area contributed by atoms with Crippen molar-refractivity contribution >= 4 is 17.7 Å². The molecule has 0 aliphatic heterocycles. The van der Waals surface area contributed by atoms with Crippen LogP contribution in [0.25, 0.3) is 0 Å². The van der Waals surface area contributed by atoms with Gasteiger partial charge >= 0.3 is 0 Å². The number of hydrogen-bond donors (Lipinski definition) is 1. The van der Waals surface area contributed by atoms with E-state index >= 15 is 0 Å². The molecule has 1 amide bonds. The van der Waals surface area contributed by atoms with Crippen molar-refractivity contribution < 1.29 is 9.53 Å². The Hall–Kier alpha value is -2.80. The first kappa shape index (κ1) is 22.4. The van der Waals surface area contributed by atoms with E-state index in [2.05, 4.69) is 44.3 Å². The van der Waals surface area contributed by atoms with Gasteiger partial charge in [-0.15, -0.1) is 10.2 Å². The van der Waals surface area contributed by atoms with Crippen LogP contribution < -0.4 is 10.1 Å². The third-order valence-electron chi connectivity index (χ3n) is 5.86. The highest BCUT2D eigenvalue weighted by atomic mass is 32.2. The van der Waals surface area contributed by atoms with Gasteiger partial charge < -0.3 is 14.6 Å². The van der Waals surface area contributed by atoms with Gasteiger partial charge in [0.2, 0.25) is 5.91 Å². The molecule has 7 heteroatoms. The van der Waals surface area contributed by atoms with E-state index in [1.165, 1.54) is 36.6 Å². The monoisotopic (exact) mass is 450 g/mol. The van der Waals surface area contributed by atoms with Crippen LogP contribution in [0.5, 0.6) is 5.75 Å². The summed E-state index contributed by atoms with van der Waals surface area (Å²) in [5.74, 6) is 2.12. The van der Waals surface area contributed by atoms with Crippen LogP contribution in [-0.4, -0.2) is 33.5 Å². The molecular formula is C25H30N4O2S. The fourth-order valence-electron chi connectivity index (χ4n) is 4.14. The highest BCUT2D eigenvalue weighted by Gasteiger charge is 2.23. The molecule has 0 atom stereocenters. The minimum atomic E-state index is -0.00591. The number of benzene rings is 2. The van der Waals surface area contributed by atoms with Crippen LogP contribution in [0.1, 0.15) is 55.1 Å². The quantitative estimate of drug-likeness (QED) is 0.475. The van der Waals surface area contributed by atoms with Gasteiger partial charge in [-0.3, -0.25) is 4.79 Å². The first-order chi connectivity index (χ1) is 15.7. The second-order valence-corrected chi connectivity index (χ2v) is 9.08. The van der Waals surface area contributed by atoms with Gasteiger partial charge in [0.15, 0.2) is 5.16 Å². The first-order valence-electron chi connectivity index (χ1n) is 11.2. The third-order valence-corrected chi connectivity index (χ3v) is 6.80. The maximum absolute atomic E-state index is 12.5. The fraction of sp³-hybridized carbons (Fsp3) is 0.400. The summed E-state index contributed by atoms with van der Waals surface area (Å²) in [5.41, 5.74) is 2.27. The predicted octanol–water partition coefficient (Wildman–Crippen LogP) is 4.79. The highest BCUT2D eigenvalue weighted by molar-refractivity contribution is 7.99. The summed E-state index contributed by atoms with van der Waals surface area (Å²) in [6, 6.07) is 18.5. The molecule has 32 heavy (non-hydrogen) atoms. The molecule has 4 rings (SSSR count). The van der Waals surface area contributed by atoms with Crippen molar-refractivity contribution in [3.8, 4) is 5.75 Å². The van der Waals surface area contributed by atoms with Crippen LogP contribution in [0.15, 0.2) is 59.8 Å². The summed E-state index contributed by atoms with van der Waals surface area (Å²) >= 11 is 1.48. The number of amides is 1. The number of methoxy groups -OCH3 is 1. The molecular weight excluding hydrogens is 420 g/mol. The zero-order chi connectivity index (χ0) is 22.2. The topological polar surface area (TPSA) is 69.0 Å². The SMILES string of the molecule is COc1ccc(CNC(=O)CSc2nnc(Cc3ccccc3)n2C2CCCCC2)cc1. The lowest BCUT2D eigenvalue weighted by Crippen LogP contribution is -2.25. The second-order valence-electron chi connectivity index (χ2n) is 8.14. The molecule has 168 valence electrons. The van der Waals surface area contributed by atoms with Crippen LogP contribution in [0.3, 0.4) is 0 Å². The molecule has 2 aromatic carbocycles. The maximum atomic E-state index is 12.5. The predicted molar refractivity (Wildman–Crippen MR) is 127 cm³/mol. The van der Waals surface area contributed by atoms with Crippen LogP contribution in [0.2, 0.25) is 0 Å². The molecule has 1 aromatic heterocycles. The molecule has 1 N–H and O–H groups in total. The second kappa shape index (κ2) is 11.2. The number of hydrogen-bond acceptors (Lipinski definition) is 5. The Morgan fingerprint density at radius 3 is 2.50 bits per heavy atom. The van der Waals surface area contributed by atoms with Crippen molar-refractivity contribution in [3.63, 3.8) is 0 Å². The summed E-state index contributed by atoms with van der Waals surface area (Å²) in [5, 5.41) is 12.8. The van der Waals surface area contributed by atoms with E-state index in [4.69, 9.17) is 4.74 Å². The lowest BCUT2D eigenvalue weighted by Gasteiger charge is -2.25. The normalized spacial score (nSPS) is 14.3. The summed E-state index contributed by atoms with van der Waals surface area (Å²) in [7, 11) is 1.64. The van der Waals surface area contributed by atoms with Gasteiger partial charge in [-0.05, 0) is 36.1 Å². The van der Waals surface area contributed by atoms with E-state index in [0.29, 0.717) is 18.3 Å². The van der Waals surface area contributed by atoms with E-state index < -0.39 is 0 Å². The number of nitrogens with zero attached hydrogens (tertiary/aromatic N) is 3. The molecule has 0 unspecified atom stereocenters. The number of nitrogens with one attached hydrogen (secondary N) is 1. The van der Waals surface area contributed by atoms with Crippen LogP contribution in [-0.2, 0) is 17.8 Å². The molecule has 0 saturated heterocycles. The Balaban J connectivity index is 1.39. The molecule has 1 aliphatic carbocycles. The van der Waals surface area contributed by atoms with E-state index in [-0.39, 0.29) is 5.91 Å². The van der Waals surface area contributed by atoms with Gasteiger partial charge in [0.05, 0.1) is 12.9 Å². The number of carbonyl (C=O) groups excluding carboxylic acids is 1. The molecule has 3 aromatic rings. The van der Waals surface area contributed by atoms with Crippen LogP contribution >= 0.6 is 11.8 Å². The number of thioether (sulfide) groups is 1. The summed E-state index contributed by atoms with van der Waals surface area (Å²) in [6.07, 6.45) is 6.83. The molecule has 1 heterocycles. The van der Waals surface area contributed by atoms with Crippen LogP contribution in [0.4, 0.5) is 0 Å². The largest absolute Gasteiger partial charge is 0.497 e. The van der Waals surface area contributed by atoms with E-state index in [1.54, 1.807) is 7.11 Å². The van der Waals surface area contributed by atoms with E-state index in [1.807, 2.05) is 30.3 Å². The van der Waals surface area contributed by atoms with Gasteiger partial charge in [0.25, 0.3) is 0 Å². The average molecular weight is 451 g/mol. The number of ether oxygens (including phenoxy) is 1. The minimum Gasteiger partial charge on any atom is -0.497 e. The first-order valence-corrected chi connectivity index (χ1v) is 12.2. The van der Waals surface area contributed by atoms with Crippen LogP contribution in [0, 0.1) is 0 Å². The smallest absolute Gasteiger partial charge is 0.230 e. The molecule has 6 nitrogen and oxygen atoms in total. The van der Waals surface area contributed by atoms with E-state index in [0.717, 1.165) is 41.6 Å². The Morgan fingerprint density at radius 2 is 1.78 bits per heavy atom. The minimum absolute atomic E-state index is 0.00591. The Labute approximate surface area is 193 Å². The lowest BCUT2D eigenvalue weighted by atomic mass is 9.95. The standard InChI is InChI=1S/C25H30N4O2S/c1-31-22-14-12-20(13-15-22)17-26-24(30)18-32-25-28-27-23(16-19-8-4-2-5-9-19)29(25)21-10-6-3-7-11-21/h2,4-5,8-9,12-15,21H,3,6-7,10-11,16-18H2,1H3,(H,26,30). The Morgan fingerprint density at radius 1 is 1.03 bits per heavy atom. The summed E-state index contributed by atoms with van der Waals surface area (Å²) in [6.45, 7) is 0.498. The van der Waals surface area contributed by atoms with Gasteiger partial charge in [0, 0.05) is 19.0 Å². The molecule has 0 bridgehead atoms. The summed E-state index contributed by atoms with van der Waals surface area (Å²) < 4.78 is 7.48. The van der Waals surface area contributed by atoms with Gasteiger partial charge in [0.1, 0.15) is 11.6 Å². The average Bonchev–Trinajstić information content (AvgIpc) is 3.25. The zero-order valence-electron chi connectivity index (χ0n) is 18.5. The van der Waals surface area contributed by atoms with Crippen molar-refractivity contribution in [2.24, 2.45) is 0 Å². The Bertz CT molecular complexity index is 999. The van der Waals surface area contributed by atoms with Crippen molar-refractivity contribution in [2.75, 3.05) is 12.9 Å². The maximum Gasteiger partial charge on any atom is 0.230 e. The van der Waals surface area contributed by atoms with E-state index in [9.17, 15) is 4.79 Å². The third kappa shape index (κ3) is 5.91. The highest BCUT2D eigenvalue weighted by Crippen LogP contribution is 2.33. The number of carbonyl (C=O) groups is 1. The fourth-order valence-corrected chi connectivity index (χ4v) is 4.99. The van der Waals surface area contributed by atoms with Gasteiger partial charge in [-0.2, -0.15) is 0 Å². The summed E-state index contributed by atoms with van der Waals surface area (Å²) in [4.78, 5) is 12.5. The van der Waals surface area contributed by atoms with Crippen molar-refractivity contribution in [3.05, 3.63) is 71.5 Å². The number of rotatable bonds is 9. The zero-order valence-corrected chi connectivity index (χ0v) is 19.3. The Kier molecular flexibility index (Phi) is 7.82. The molecule has 1 fully saturated rings.